The van der Waals surface area contributed by atoms with Crippen LogP contribution in [0.5, 0.6) is 0 Å². The van der Waals surface area contributed by atoms with Gasteiger partial charge in [0.15, 0.2) is 0 Å². The van der Waals surface area contributed by atoms with Crippen molar-refractivity contribution in [3.05, 3.63) is 232 Å². The van der Waals surface area contributed by atoms with E-state index >= 15 is 0 Å². The highest BCUT2D eigenvalue weighted by molar-refractivity contribution is 6.12. The number of hydrogen-bond acceptors (Lipinski definition) is 0. The molecule has 0 radical (unpaired) electrons. The van der Waals surface area contributed by atoms with Crippen LogP contribution in [0.25, 0.3) is 82.5 Å². The SMILES string of the molecule is Cc1ccc(-n2c3ccc(C(F)(F)F)cc3c3ccc(C(C)(C)c4ccc5c(c4)c4cc(C(C)(C)c6ccc7c8cc(C(F)(F)F)ccc8n(-c8ccc(C)cc8)c7c6)ccc4n5-c4ccc(C(F)(F)F)cc4)cc32)cc1. The molecule has 0 saturated carbocycles. The molecule has 12 rings (SSSR count). The van der Waals surface area contributed by atoms with Crippen molar-refractivity contribution in [2.45, 2.75) is 70.9 Å². The van der Waals surface area contributed by atoms with Crippen LogP contribution in [0.2, 0.25) is 0 Å². The van der Waals surface area contributed by atoms with Crippen molar-refractivity contribution in [3.63, 3.8) is 0 Å². The van der Waals surface area contributed by atoms with Crippen LogP contribution in [0.15, 0.2) is 182 Å². The second kappa shape index (κ2) is 17.1. The Bertz CT molecular complexity index is 4080. The van der Waals surface area contributed by atoms with Gasteiger partial charge in [-0.1, -0.05) is 99.5 Å². The number of benzene rings is 9. The van der Waals surface area contributed by atoms with Gasteiger partial charge in [0.25, 0.3) is 0 Å². The summed E-state index contributed by atoms with van der Waals surface area (Å²) in [5.74, 6) is 0. The van der Waals surface area contributed by atoms with Crippen molar-refractivity contribution in [3.8, 4) is 17.1 Å². The summed E-state index contributed by atoms with van der Waals surface area (Å²) in [7, 11) is 0. The molecule has 0 amide bonds. The Labute approximate surface area is 437 Å². The van der Waals surface area contributed by atoms with Gasteiger partial charge in [0.1, 0.15) is 0 Å². The summed E-state index contributed by atoms with van der Waals surface area (Å²) in [6.45, 7) is 12.3. The van der Waals surface area contributed by atoms with Crippen molar-refractivity contribution >= 4 is 65.4 Å². The Balaban J connectivity index is 1.03. The van der Waals surface area contributed by atoms with Crippen LogP contribution < -0.4 is 0 Å². The van der Waals surface area contributed by atoms with E-state index in [1.54, 1.807) is 0 Å². The Morgan fingerprint density at radius 3 is 0.831 bits per heavy atom. The van der Waals surface area contributed by atoms with E-state index in [2.05, 4.69) is 39.8 Å². The lowest BCUT2D eigenvalue weighted by molar-refractivity contribution is -0.138. The molecule has 0 spiro atoms. The fourth-order valence-electron chi connectivity index (χ4n) is 11.3. The van der Waals surface area contributed by atoms with Crippen molar-refractivity contribution in [2.75, 3.05) is 0 Å². The summed E-state index contributed by atoms with van der Waals surface area (Å²) < 4.78 is 133. The zero-order chi connectivity index (χ0) is 54.3. The predicted molar refractivity (Wildman–Crippen MR) is 291 cm³/mol. The first-order chi connectivity index (χ1) is 36.4. The molecule has 0 atom stereocenters. The van der Waals surface area contributed by atoms with E-state index in [1.807, 2.05) is 137 Å². The normalized spacial score (nSPS) is 13.1. The molecule has 0 aliphatic rings. The van der Waals surface area contributed by atoms with Gasteiger partial charge in [-0.2, -0.15) is 39.5 Å². The van der Waals surface area contributed by atoms with Gasteiger partial charge in [-0.3, -0.25) is 0 Å². The molecule has 0 bridgehead atoms. The second-order valence-electron chi connectivity index (χ2n) is 21.4. The summed E-state index contributed by atoms with van der Waals surface area (Å²) in [5, 5.41) is 3.97. The number of alkyl halides is 9. The van der Waals surface area contributed by atoms with Gasteiger partial charge in [0.2, 0.25) is 0 Å². The highest BCUT2D eigenvalue weighted by atomic mass is 19.4. The van der Waals surface area contributed by atoms with E-state index < -0.39 is 46.0 Å². The molecule has 9 aromatic carbocycles. The maximum atomic E-state index is 14.1. The molecule has 77 heavy (non-hydrogen) atoms. The largest absolute Gasteiger partial charge is 0.416 e. The third-order valence-electron chi connectivity index (χ3n) is 15.9. The molecular formula is C65H48F9N3. The molecule has 3 aromatic heterocycles. The summed E-state index contributed by atoms with van der Waals surface area (Å²) in [6.07, 6.45) is -13.6. The maximum absolute atomic E-state index is 14.1. The average Bonchev–Trinajstić information content (AvgIpc) is 4.22. The molecule has 0 saturated heterocycles. The maximum Gasteiger partial charge on any atom is 0.416 e. The number of aromatic nitrogens is 3. The summed E-state index contributed by atoms with van der Waals surface area (Å²) in [4.78, 5) is 0. The fourth-order valence-corrected chi connectivity index (χ4v) is 11.3. The van der Waals surface area contributed by atoms with Gasteiger partial charge in [-0.15, -0.1) is 0 Å². The lowest BCUT2D eigenvalue weighted by Gasteiger charge is -2.27. The van der Waals surface area contributed by atoms with Gasteiger partial charge in [-0.05, 0) is 157 Å². The predicted octanol–water partition coefficient (Wildman–Crippen LogP) is 19.3. The molecule has 386 valence electrons. The zero-order valence-corrected chi connectivity index (χ0v) is 42.6. The first-order valence-corrected chi connectivity index (χ1v) is 25.1. The minimum absolute atomic E-state index is 0.476. The topological polar surface area (TPSA) is 14.8 Å². The van der Waals surface area contributed by atoms with E-state index in [0.717, 1.165) is 102 Å². The molecule has 0 aliphatic carbocycles. The molecule has 3 nitrogen and oxygen atoms in total. The fraction of sp³-hybridized carbons (Fsp3) is 0.169. The molecule has 3 heterocycles. The third-order valence-corrected chi connectivity index (χ3v) is 15.9. The Kier molecular flexibility index (Phi) is 11.0. The van der Waals surface area contributed by atoms with Gasteiger partial charge in [0.05, 0.1) is 49.8 Å². The molecule has 0 unspecified atom stereocenters. The van der Waals surface area contributed by atoms with Crippen molar-refractivity contribution < 1.29 is 39.5 Å². The van der Waals surface area contributed by atoms with E-state index in [1.165, 1.54) is 36.4 Å². The molecule has 12 aromatic rings. The lowest BCUT2D eigenvalue weighted by Crippen LogP contribution is -2.19. The summed E-state index contributed by atoms with van der Waals surface area (Å²) >= 11 is 0. The van der Waals surface area contributed by atoms with E-state index in [4.69, 9.17) is 0 Å². The smallest absolute Gasteiger partial charge is 0.309 e. The van der Waals surface area contributed by atoms with E-state index in [-0.39, 0.29) is 0 Å². The zero-order valence-electron chi connectivity index (χ0n) is 42.6. The molecule has 0 fully saturated rings. The van der Waals surface area contributed by atoms with Gasteiger partial charge in [0, 0.05) is 60.2 Å². The van der Waals surface area contributed by atoms with E-state index in [0.29, 0.717) is 38.3 Å². The summed E-state index contributed by atoms with van der Waals surface area (Å²) in [5.41, 5.74) is 8.48. The highest BCUT2D eigenvalue weighted by Gasteiger charge is 2.35. The lowest BCUT2D eigenvalue weighted by atomic mass is 9.76. The monoisotopic (exact) mass is 1040 g/mol. The van der Waals surface area contributed by atoms with Crippen LogP contribution >= 0.6 is 0 Å². The minimum atomic E-state index is -4.53. The number of fused-ring (bicyclic) bond motifs is 9. The van der Waals surface area contributed by atoms with Crippen molar-refractivity contribution in [1.29, 1.82) is 0 Å². The number of nitrogens with zero attached hydrogens (tertiary/aromatic N) is 3. The van der Waals surface area contributed by atoms with Crippen LogP contribution in [0.4, 0.5) is 39.5 Å². The molecule has 0 N–H and O–H groups in total. The minimum Gasteiger partial charge on any atom is -0.309 e. The number of halogens is 9. The second-order valence-corrected chi connectivity index (χ2v) is 21.4. The Hall–Kier alpha value is -8.25. The van der Waals surface area contributed by atoms with Gasteiger partial charge < -0.3 is 13.7 Å². The van der Waals surface area contributed by atoms with E-state index in [9.17, 15) is 39.5 Å². The standard InChI is InChI=1S/C65H48F9N3/c1-37-7-19-46(20-8-37)76-55-29-17-44(64(69,70)71)33-51(55)49-25-13-42(35-59(49)76)61(3,4)40-15-27-57-53(31-40)54-32-41(16-28-58(54)75(57)48-23-11-39(12-24-48)63(66,67)68)62(5,6)43-14-26-50-52-34-45(65(72,73)74)18-30-56(52)77(60(50)36-43)47-21-9-38(2)10-22-47/h7-36H,1-6H3. The van der Waals surface area contributed by atoms with Crippen LogP contribution in [-0.2, 0) is 29.4 Å². The third kappa shape index (κ3) is 8.13. The molecule has 12 heteroatoms. The Morgan fingerprint density at radius 2 is 0.494 bits per heavy atom. The quantitative estimate of drug-likeness (QED) is 0.141. The van der Waals surface area contributed by atoms with Crippen molar-refractivity contribution in [2.24, 2.45) is 0 Å². The van der Waals surface area contributed by atoms with Crippen molar-refractivity contribution in [1.82, 2.24) is 13.7 Å². The molecular weight excluding hydrogens is 994 g/mol. The average molecular weight is 1040 g/mol. The first-order valence-electron chi connectivity index (χ1n) is 25.1. The number of rotatable bonds is 7. The highest BCUT2D eigenvalue weighted by Crippen LogP contribution is 2.45. The number of aryl methyl sites for hydroxylation is 2. The van der Waals surface area contributed by atoms with Crippen LogP contribution in [0, 0.1) is 13.8 Å². The Morgan fingerprint density at radius 1 is 0.247 bits per heavy atom. The summed E-state index contributed by atoms with van der Waals surface area (Å²) in [6, 6.07) is 52.5. The first kappa shape index (κ1) is 49.6. The van der Waals surface area contributed by atoms with Crippen LogP contribution in [-0.4, -0.2) is 13.7 Å². The van der Waals surface area contributed by atoms with Crippen LogP contribution in [0.1, 0.15) is 77.8 Å². The number of hydrogen-bond donors (Lipinski definition) is 0. The van der Waals surface area contributed by atoms with Crippen LogP contribution in [0.3, 0.4) is 0 Å². The van der Waals surface area contributed by atoms with Gasteiger partial charge in [-0.25, -0.2) is 0 Å². The van der Waals surface area contributed by atoms with Gasteiger partial charge >= 0.3 is 18.5 Å². The molecule has 0 aliphatic heterocycles.